The van der Waals surface area contributed by atoms with Gasteiger partial charge >= 0.3 is 0 Å². The molecule has 1 aromatic carbocycles. The lowest BCUT2D eigenvalue weighted by Gasteiger charge is -2.33. The Labute approximate surface area is 122 Å². The summed E-state index contributed by atoms with van der Waals surface area (Å²) in [5.74, 6) is 0.744. The van der Waals surface area contributed by atoms with E-state index in [0.717, 1.165) is 22.7 Å². The monoisotopic (exact) mass is 274 g/mol. The summed E-state index contributed by atoms with van der Waals surface area (Å²) in [6, 6.07) is 6.48. The third kappa shape index (κ3) is 3.14. The van der Waals surface area contributed by atoms with Gasteiger partial charge in [-0.05, 0) is 43.4 Å². The summed E-state index contributed by atoms with van der Waals surface area (Å²) in [4.78, 5) is 11.9. The van der Waals surface area contributed by atoms with E-state index in [-0.39, 0.29) is 5.91 Å². The van der Waals surface area contributed by atoms with Gasteiger partial charge in [-0.15, -0.1) is 0 Å². The molecule has 0 aromatic heterocycles. The molecule has 1 fully saturated rings. The Hall–Kier alpha value is -1.51. The molecule has 0 heterocycles. The lowest BCUT2D eigenvalue weighted by Crippen LogP contribution is -2.32. The minimum atomic E-state index is -0.0122. The molecule has 3 heteroatoms. The van der Waals surface area contributed by atoms with Gasteiger partial charge in [-0.3, -0.25) is 4.79 Å². The molecule has 1 saturated carbocycles. The van der Waals surface area contributed by atoms with Crippen LogP contribution in [0.15, 0.2) is 18.2 Å². The number of hydrogen-bond donors (Lipinski definition) is 2. The van der Waals surface area contributed by atoms with Crippen LogP contribution >= 0.6 is 0 Å². The first-order valence-corrected chi connectivity index (χ1v) is 7.75. The third-order valence-corrected chi connectivity index (χ3v) is 4.58. The number of carbonyl (C=O) groups excluding carboxylic acids is 1. The molecule has 3 nitrogen and oxygen atoms in total. The number of hydrogen-bond acceptors (Lipinski definition) is 2. The number of carbonyl (C=O) groups is 1. The van der Waals surface area contributed by atoms with Gasteiger partial charge in [0.05, 0.1) is 0 Å². The van der Waals surface area contributed by atoms with Crippen molar-refractivity contribution in [3.63, 3.8) is 0 Å². The second-order valence-electron chi connectivity index (χ2n) is 5.76. The lowest BCUT2D eigenvalue weighted by atomic mass is 9.82. The zero-order valence-electron chi connectivity index (χ0n) is 12.8. The fourth-order valence-electron chi connectivity index (χ4n) is 3.26. The summed E-state index contributed by atoms with van der Waals surface area (Å²) in [6.07, 6.45) is 6.45. The number of anilines is 1. The van der Waals surface area contributed by atoms with Crippen LogP contribution in [0.1, 0.15) is 54.9 Å². The SMILES string of the molecule is CCC1CCCCC1Nc1cccc(C(=O)NC)c1C. The van der Waals surface area contributed by atoms with Gasteiger partial charge < -0.3 is 10.6 Å². The summed E-state index contributed by atoms with van der Waals surface area (Å²) in [6.45, 7) is 4.30. The Morgan fingerprint density at radius 2 is 2.05 bits per heavy atom. The molecule has 2 atom stereocenters. The molecule has 0 saturated heterocycles. The predicted octanol–water partition coefficient (Wildman–Crippen LogP) is 3.74. The van der Waals surface area contributed by atoms with Gasteiger partial charge in [-0.25, -0.2) is 0 Å². The van der Waals surface area contributed by atoms with Crippen LogP contribution in [-0.2, 0) is 0 Å². The molecule has 2 unspecified atom stereocenters. The van der Waals surface area contributed by atoms with E-state index in [1.807, 2.05) is 19.1 Å². The van der Waals surface area contributed by atoms with Crippen LogP contribution in [0.3, 0.4) is 0 Å². The number of benzene rings is 1. The Balaban J connectivity index is 2.18. The zero-order valence-corrected chi connectivity index (χ0v) is 12.8. The topological polar surface area (TPSA) is 41.1 Å². The largest absolute Gasteiger partial charge is 0.382 e. The molecule has 1 aliphatic carbocycles. The van der Waals surface area contributed by atoms with Crippen molar-refractivity contribution in [2.75, 3.05) is 12.4 Å². The van der Waals surface area contributed by atoms with Crippen molar-refractivity contribution in [1.29, 1.82) is 0 Å². The molecule has 20 heavy (non-hydrogen) atoms. The summed E-state index contributed by atoms with van der Waals surface area (Å²) in [5, 5.41) is 6.40. The van der Waals surface area contributed by atoms with Crippen molar-refractivity contribution in [3.05, 3.63) is 29.3 Å². The lowest BCUT2D eigenvalue weighted by molar-refractivity contribution is 0.0962. The van der Waals surface area contributed by atoms with Crippen molar-refractivity contribution >= 4 is 11.6 Å². The molecule has 0 radical (unpaired) electrons. The Kier molecular flexibility index (Phi) is 5.05. The summed E-state index contributed by atoms with van der Waals surface area (Å²) >= 11 is 0. The van der Waals surface area contributed by atoms with Crippen LogP contribution in [0.2, 0.25) is 0 Å². The average Bonchev–Trinajstić information content (AvgIpc) is 2.49. The predicted molar refractivity (Wildman–Crippen MR) is 84.2 cm³/mol. The molecule has 0 spiro atoms. The number of nitrogens with one attached hydrogen (secondary N) is 2. The standard InChI is InChI=1S/C17H26N2O/c1-4-13-8-5-6-10-16(13)19-15-11-7-9-14(12(15)2)17(20)18-3/h7,9,11,13,16,19H,4-6,8,10H2,1-3H3,(H,18,20). The average molecular weight is 274 g/mol. The highest BCUT2D eigenvalue weighted by atomic mass is 16.1. The van der Waals surface area contributed by atoms with Gasteiger partial charge in [0.15, 0.2) is 0 Å². The van der Waals surface area contributed by atoms with Crippen LogP contribution in [-0.4, -0.2) is 19.0 Å². The second-order valence-corrected chi connectivity index (χ2v) is 5.76. The zero-order chi connectivity index (χ0) is 14.5. The molecule has 1 amide bonds. The minimum absolute atomic E-state index is 0.0122. The fourth-order valence-corrected chi connectivity index (χ4v) is 3.26. The Morgan fingerprint density at radius 1 is 1.30 bits per heavy atom. The molecular weight excluding hydrogens is 248 g/mol. The first-order valence-electron chi connectivity index (χ1n) is 7.75. The molecule has 0 bridgehead atoms. The quantitative estimate of drug-likeness (QED) is 0.878. The van der Waals surface area contributed by atoms with Crippen LogP contribution in [0.4, 0.5) is 5.69 Å². The van der Waals surface area contributed by atoms with E-state index in [1.54, 1.807) is 7.05 Å². The number of amides is 1. The van der Waals surface area contributed by atoms with E-state index in [9.17, 15) is 4.79 Å². The molecule has 0 aliphatic heterocycles. The first kappa shape index (κ1) is 14.9. The normalized spacial score (nSPS) is 22.4. The summed E-state index contributed by atoms with van der Waals surface area (Å²) < 4.78 is 0. The van der Waals surface area contributed by atoms with Gasteiger partial charge in [0.25, 0.3) is 5.91 Å². The van der Waals surface area contributed by atoms with Gasteiger partial charge in [-0.1, -0.05) is 32.3 Å². The van der Waals surface area contributed by atoms with Crippen molar-refractivity contribution in [2.24, 2.45) is 5.92 Å². The van der Waals surface area contributed by atoms with Crippen molar-refractivity contribution in [1.82, 2.24) is 5.32 Å². The van der Waals surface area contributed by atoms with Crippen LogP contribution in [0.5, 0.6) is 0 Å². The Bertz CT molecular complexity index is 470. The molecule has 1 aromatic rings. The van der Waals surface area contributed by atoms with E-state index in [4.69, 9.17) is 0 Å². The molecule has 110 valence electrons. The summed E-state index contributed by atoms with van der Waals surface area (Å²) in [7, 11) is 1.68. The van der Waals surface area contributed by atoms with Crippen molar-refractivity contribution in [3.8, 4) is 0 Å². The maximum absolute atomic E-state index is 11.9. The van der Waals surface area contributed by atoms with Crippen molar-refractivity contribution in [2.45, 2.75) is 52.0 Å². The molecular formula is C17H26N2O. The van der Waals surface area contributed by atoms with Gasteiger partial charge in [0.2, 0.25) is 0 Å². The molecule has 1 aliphatic rings. The Morgan fingerprint density at radius 3 is 2.75 bits per heavy atom. The maximum Gasteiger partial charge on any atom is 0.251 e. The van der Waals surface area contributed by atoms with E-state index < -0.39 is 0 Å². The van der Waals surface area contributed by atoms with Crippen LogP contribution < -0.4 is 10.6 Å². The molecule has 2 N–H and O–H groups in total. The van der Waals surface area contributed by atoms with E-state index >= 15 is 0 Å². The first-order chi connectivity index (χ1) is 9.67. The minimum Gasteiger partial charge on any atom is -0.382 e. The number of rotatable bonds is 4. The van der Waals surface area contributed by atoms with E-state index in [1.165, 1.54) is 32.1 Å². The van der Waals surface area contributed by atoms with Crippen LogP contribution in [0.25, 0.3) is 0 Å². The van der Waals surface area contributed by atoms with Gasteiger partial charge in [0.1, 0.15) is 0 Å². The van der Waals surface area contributed by atoms with Gasteiger partial charge in [0, 0.05) is 24.3 Å². The van der Waals surface area contributed by atoms with Crippen LogP contribution in [0, 0.1) is 12.8 Å². The highest BCUT2D eigenvalue weighted by molar-refractivity contribution is 5.96. The smallest absolute Gasteiger partial charge is 0.251 e. The second kappa shape index (κ2) is 6.78. The fraction of sp³-hybridized carbons (Fsp3) is 0.588. The molecule has 2 rings (SSSR count). The maximum atomic E-state index is 11.9. The third-order valence-electron chi connectivity index (χ3n) is 4.58. The summed E-state index contributed by atoms with van der Waals surface area (Å²) in [5.41, 5.74) is 2.92. The van der Waals surface area contributed by atoms with Gasteiger partial charge in [-0.2, -0.15) is 0 Å². The van der Waals surface area contributed by atoms with Crippen molar-refractivity contribution < 1.29 is 4.79 Å². The highest BCUT2D eigenvalue weighted by Crippen LogP contribution is 2.30. The van der Waals surface area contributed by atoms with E-state index in [2.05, 4.69) is 23.6 Å². The van der Waals surface area contributed by atoms with E-state index in [0.29, 0.717) is 6.04 Å². The highest BCUT2D eigenvalue weighted by Gasteiger charge is 2.24.